The fourth-order valence-corrected chi connectivity index (χ4v) is 4.64. The van der Waals surface area contributed by atoms with Crippen molar-refractivity contribution in [3.8, 4) is 0 Å². The number of amides is 3. The third-order valence-electron chi connectivity index (χ3n) is 6.73. The van der Waals surface area contributed by atoms with E-state index in [0.29, 0.717) is 12.8 Å². The number of esters is 1. The number of cyclic esters (lactones) is 1. The van der Waals surface area contributed by atoms with E-state index in [4.69, 9.17) is 9.47 Å². The van der Waals surface area contributed by atoms with Gasteiger partial charge in [-0.25, -0.2) is 9.59 Å². The van der Waals surface area contributed by atoms with Gasteiger partial charge in [0.1, 0.15) is 18.2 Å². The van der Waals surface area contributed by atoms with Crippen LogP contribution in [-0.2, 0) is 23.9 Å². The molecule has 1 aliphatic rings. The van der Waals surface area contributed by atoms with Crippen LogP contribution in [0.4, 0.5) is 4.79 Å². The smallest absolute Gasteiger partial charge is 0.408 e. The summed E-state index contributed by atoms with van der Waals surface area (Å²) in [4.78, 5) is 51.5. The Bertz CT molecular complexity index is 755. The van der Waals surface area contributed by atoms with E-state index in [-0.39, 0.29) is 31.0 Å². The molecule has 1 aliphatic heterocycles. The van der Waals surface area contributed by atoms with Crippen molar-refractivity contribution in [2.24, 2.45) is 11.8 Å². The molecule has 0 radical (unpaired) electrons. The molecule has 0 aromatic carbocycles. The molecule has 0 aliphatic carbocycles. The lowest BCUT2D eigenvalue weighted by Crippen LogP contribution is -2.53. The van der Waals surface area contributed by atoms with E-state index in [9.17, 15) is 19.2 Å². The van der Waals surface area contributed by atoms with E-state index in [1.165, 1.54) is 19.3 Å². The Morgan fingerprint density at radius 2 is 1.84 bits per heavy atom. The van der Waals surface area contributed by atoms with Crippen molar-refractivity contribution in [2.75, 3.05) is 13.7 Å². The number of hydrogen-bond acceptors (Lipinski definition) is 6. The molecule has 2 unspecified atom stereocenters. The molecule has 218 valence electrons. The number of ether oxygens (including phenoxy) is 2. The molecule has 0 spiro atoms. The van der Waals surface area contributed by atoms with Crippen molar-refractivity contribution in [1.82, 2.24) is 16.0 Å². The van der Waals surface area contributed by atoms with Crippen LogP contribution in [0.5, 0.6) is 0 Å². The number of alkyl carbamates (subject to hydrolysis) is 1. The van der Waals surface area contributed by atoms with Crippen LogP contribution >= 0.6 is 0 Å². The second-order valence-electron chi connectivity index (χ2n) is 10.6. The molecular weight excluding hydrogens is 486 g/mol. The quantitative estimate of drug-likeness (QED) is 0.198. The maximum atomic E-state index is 13.3. The SMILES string of the molecule is CCCCCCCC1CCC/C=C/CC(C(=O)NC)C[C@@H](C(=O)OCC)NC(=O)[C@H](CC(C)C)NC(=O)O1. The molecule has 4 atom stereocenters. The highest BCUT2D eigenvalue weighted by atomic mass is 16.6. The predicted molar refractivity (Wildman–Crippen MR) is 148 cm³/mol. The summed E-state index contributed by atoms with van der Waals surface area (Å²) in [5.41, 5.74) is 0. The lowest BCUT2D eigenvalue weighted by Gasteiger charge is -2.26. The Hall–Kier alpha value is -2.58. The van der Waals surface area contributed by atoms with Crippen LogP contribution in [0.1, 0.15) is 105 Å². The van der Waals surface area contributed by atoms with Gasteiger partial charge in [-0.05, 0) is 64.2 Å². The van der Waals surface area contributed by atoms with Crippen LogP contribution in [0.3, 0.4) is 0 Å². The monoisotopic (exact) mass is 537 g/mol. The molecule has 0 bridgehead atoms. The van der Waals surface area contributed by atoms with Crippen LogP contribution in [0.15, 0.2) is 12.2 Å². The Morgan fingerprint density at radius 1 is 1.11 bits per heavy atom. The number of carbonyl (C=O) groups is 4. The minimum atomic E-state index is -1.02. The van der Waals surface area contributed by atoms with Gasteiger partial charge in [-0.15, -0.1) is 0 Å². The van der Waals surface area contributed by atoms with Gasteiger partial charge in [0.05, 0.1) is 6.61 Å². The fourth-order valence-electron chi connectivity index (χ4n) is 4.64. The summed E-state index contributed by atoms with van der Waals surface area (Å²) in [5.74, 6) is -1.72. The third-order valence-corrected chi connectivity index (χ3v) is 6.73. The summed E-state index contributed by atoms with van der Waals surface area (Å²) in [6.45, 7) is 7.92. The van der Waals surface area contributed by atoms with Gasteiger partial charge >= 0.3 is 12.1 Å². The summed E-state index contributed by atoms with van der Waals surface area (Å²) in [6, 6.07) is -1.90. The van der Waals surface area contributed by atoms with Crippen molar-refractivity contribution in [3.63, 3.8) is 0 Å². The molecule has 3 N–H and O–H groups in total. The predicted octanol–water partition coefficient (Wildman–Crippen LogP) is 4.79. The van der Waals surface area contributed by atoms with Crippen LogP contribution in [-0.4, -0.2) is 55.7 Å². The van der Waals surface area contributed by atoms with Gasteiger partial charge in [0, 0.05) is 13.0 Å². The minimum absolute atomic E-state index is 0.0908. The Kier molecular flexibility index (Phi) is 17.1. The molecular formula is C29H51N3O6. The van der Waals surface area contributed by atoms with Gasteiger partial charge in [0.2, 0.25) is 11.8 Å². The average molecular weight is 538 g/mol. The van der Waals surface area contributed by atoms with Gasteiger partial charge in [-0.2, -0.15) is 0 Å². The summed E-state index contributed by atoms with van der Waals surface area (Å²) in [6.07, 6.45) is 12.8. The Balaban J connectivity index is 3.15. The minimum Gasteiger partial charge on any atom is -0.464 e. The summed E-state index contributed by atoms with van der Waals surface area (Å²) in [7, 11) is 1.56. The highest BCUT2D eigenvalue weighted by Crippen LogP contribution is 2.18. The van der Waals surface area contributed by atoms with E-state index in [1.54, 1.807) is 14.0 Å². The summed E-state index contributed by atoms with van der Waals surface area (Å²) < 4.78 is 11.0. The zero-order chi connectivity index (χ0) is 28.3. The standard InChI is InChI=1S/C29H51N3O6/c1-6-8-9-10-14-17-23-18-15-12-11-13-16-22(26(33)30-5)20-25(28(35)37-7-2)31-27(34)24(19-21(3)4)32-29(36)38-23/h11,13,21-25H,6-10,12,14-20H2,1-5H3,(H,30,33)(H,31,34)(H,32,36)/b13-11+/t22?,23?,24-,25-/m0/s1. The first-order valence-electron chi connectivity index (χ1n) is 14.5. The lowest BCUT2D eigenvalue weighted by molar-refractivity contribution is -0.148. The maximum Gasteiger partial charge on any atom is 0.408 e. The normalized spacial score (nSPS) is 24.6. The third kappa shape index (κ3) is 13.8. The van der Waals surface area contributed by atoms with Crippen LogP contribution in [0, 0.1) is 11.8 Å². The molecule has 9 nitrogen and oxygen atoms in total. The van der Waals surface area contributed by atoms with Crippen molar-refractivity contribution in [1.29, 1.82) is 0 Å². The van der Waals surface area contributed by atoms with E-state index in [0.717, 1.165) is 38.5 Å². The molecule has 9 heteroatoms. The first kappa shape index (κ1) is 33.4. The van der Waals surface area contributed by atoms with Crippen molar-refractivity contribution < 1.29 is 28.7 Å². The molecule has 0 saturated heterocycles. The van der Waals surface area contributed by atoms with E-state index < -0.39 is 36.0 Å². The molecule has 38 heavy (non-hydrogen) atoms. The maximum absolute atomic E-state index is 13.3. The molecule has 1 rings (SSSR count). The molecule has 0 fully saturated rings. The molecule has 3 amide bonds. The highest BCUT2D eigenvalue weighted by Gasteiger charge is 2.32. The van der Waals surface area contributed by atoms with Gasteiger partial charge in [0.15, 0.2) is 0 Å². The molecule has 0 saturated carbocycles. The number of hydrogen-bond donors (Lipinski definition) is 3. The largest absolute Gasteiger partial charge is 0.464 e. The zero-order valence-electron chi connectivity index (χ0n) is 24.2. The van der Waals surface area contributed by atoms with E-state index in [2.05, 4.69) is 22.9 Å². The Labute approximate surface area is 229 Å². The van der Waals surface area contributed by atoms with Crippen LogP contribution in [0.25, 0.3) is 0 Å². The van der Waals surface area contributed by atoms with Crippen molar-refractivity contribution in [2.45, 2.75) is 123 Å². The van der Waals surface area contributed by atoms with E-state index >= 15 is 0 Å². The first-order valence-corrected chi connectivity index (χ1v) is 14.5. The summed E-state index contributed by atoms with van der Waals surface area (Å²) >= 11 is 0. The first-order chi connectivity index (χ1) is 18.2. The average Bonchev–Trinajstić information content (AvgIpc) is 2.87. The highest BCUT2D eigenvalue weighted by molar-refractivity contribution is 5.90. The second-order valence-corrected chi connectivity index (χ2v) is 10.6. The topological polar surface area (TPSA) is 123 Å². The number of allylic oxidation sites excluding steroid dienone is 2. The van der Waals surface area contributed by atoms with Gasteiger partial charge in [0.25, 0.3) is 0 Å². The second kappa shape index (κ2) is 19.5. The summed E-state index contributed by atoms with van der Waals surface area (Å²) in [5, 5.41) is 8.14. The van der Waals surface area contributed by atoms with Crippen LogP contribution in [0.2, 0.25) is 0 Å². The lowest BCUT2D eigenvalue weighted by atomic mass is 9.94. The van der Waals surface area contributed by atoms with Gasteiger partial charge < -0.3 is 25.4 Å². The van der Waals surface area contributed by atoms with E-state index in [1.807, 2.05) is 26.0 Å². The number of carbonyl (C=O) groups excluding carboxylic acids is 4. The molecule has 0 aromatic rings. The number of nitrogens with one attached hydrogen (secondary N) is 3. The van der Waals surface area contributed by atoms with Crippen molar-refractivity contribution in [3.05, 3.63) is 12.2 Å². The van der Waals surface area contributed by atoms with Crippen molar-refractivity contribution >= 4 is 23.9 Å². The zero-order valence-corrected chi connectivity index (χ0v) is 24.2. The van der Waals surface area contributed by atoms with Gasteiger partial charge in [-0.3, -0.25) is 9.59 Å². The fraction of sp³-hybridized carbons (Fsp3) is 0.793. The van der Waals surface area contributed by atoms with Crippen LogP contribution < -0.4 is 16.0 Å². The molecule has 0 aromatic heterocycles. The van der Waals surface area contributed by atoms with Gasteiger partial charge in [-0.1, -0.05) is 58.6 Å². The molecule has 1 heterocycles. The number of unbranched alkanes of at least 4 members (excludes halogenated alkanes) is 4. The number of rotatable bonds is 11. The Morgan fingerprint density at radius 3 is 2.50 bits per heavy atom.